The molecule has 0 atom stereocenters. The number of benzene rings is 1. The first-order valence-electron chi connectivity index (χ1n) is 6.51. The van der Waals surface area contributed by atoms with E-state index in [1.807, 2.05) is 43.5 Å². The van der Waals surface area contributed by atoms with E-state index in [2.05, 4.69) is 10.3 Å². The molecule has 0 aliphatic heterocycles. The van der Waals surface area contributed by atoms with Gasteiger partial charge in [0, 0.05) is 24.0 Å². The smallest absolute Gasteiger partial charge is 0.230 e. The molecule has 0 radical (unpaired) electrons. The maximum absolute atomic E-state index is 12.3. The third-order valence-corrected chi connectivity index (χ3v) is 3.99. The maximum atomic E-state index is 12.3. The molecule has 3 N–H and O–H groups in total. The number of carbonyl (C=O) groups is 1. The number of hydrogen-bond acceptors (Lipinski definition) is 4. The lowest BCUT2D eigenvalue weighted by molar-refractivity contribution is -0.125. The summed E-state index contributed by atoms with van der Waals surface area (Å²) in [6, 6.07) is 7.43. The second-order valence-electron chi connectivity index (χ2n) is 5.23. The Labute approximate surface area is 123 Å². The average molecular weight is 289 g/mol. The van der Waals surface area contributed by atoms with Crippen molar-refractivity contribution >= 4 is 22.9 Å². The van der Waals surface area contributed by atoms with Crippen LogP contribution in [0.1, 0.15) is 25.1 Å². The Hall–Kier alpha value is -1.88. The highest BCUT2D eigenvalue weighted by molar-refractivity contribution is 7.07. The van der Waals surface area contributed by atoms with Crippen molar-refractivity contribution in [3.63, 3.8) is 0 Å². The van der Waals surface area contributed by atoms with E-state index in [1.54, 1.807) is 16.8 Å². The molecule has 0 saturated heterocycles. The Morgan fingerprint density at radius 3 is 2.65 bits per heavy atom. The summed E-state index contributed by atoms with van der Waals surface area (Å²) < 4.78 is 0. The summed E-state index contributed by atoms with van der Waals surface area (Å²) in [5, 5.41) is 4.97. The third kappa shape index (κ3) is 3.36. The molecular weight excluding hydrogens is 270 g/mol. The molecule has 2 aromatic rings. The normalized spacial score (nSPS) is 11.3. The van der Waals surface area contributed by atoms with Crippen molar-refractivity contribution in [3.8, 4) is 0 Å². The van der Waals surface area contributed by atoms with Gasteiger partial charge in [0.25, 0.3) is 0 Å². The summed E-state index contributed by atoms with van der Waals surface area (Å²) in [4.78, 5) is 16.5. The minimum absolute atomic E-state index is 0.0116. The lowest BCUT2D eigenvalue weighted by Gasteiger charge is -2.24. The van der Waals surface area contributed by atoms with E-state index < -0.39 is 5.41 Å². The minimum Gasteiger partial charge on any atom is -0.399 e. The van der Waals surface area contributed by atoms with Crippen LogP contribution in [-0.4, -0.2) is 17.4 Å². The quantitative estimate of drug-likeness (QED) is 0.830. The first kappa shape index (κ1) is 14.5. The number of hydrogen-bond donors (Lipinski definition) is 2. The molecule has 0 bridgehead atoms. The van der Waals surface area contributed by atoms with Gasteiger partial charge >= 0.3 is 0 Å². The van der Waals surface area contributed by atoms with Gasteiger partial charge in [0.05, 0.1) is 16.6 Å². The number of aromatic nitrogens is 1. The number of anilines is 1. The van der Waals surface area contributed by atoms with E-state index in [-0.39, 0.29) is 5.91 Å². The van der Waals surface area contributed by atoms with Gasteiger partial charge in [0.1, 0.15) is 0 Å². The number of thiazole rings is 1. The van der Waals surface area contributed by atoms with E-state index in [0.717, 1.165) is 17.7 Å². The fraction of sp³-hybridized carbons (Fsp3) is 0.333. The lowest BCUT2D eigenvalue weighted by Crippen LogP contribution is -2.40. The second kappa shape index (κ2) is 6.05. The summed E-state index contributed by atoms with van der Waals surface area (Å²) in [5.41, 5.74) is 9.57. The zero-order valence-electron chi connectivity index (χ0n) is 11.7. The number of nitrogens with two attached hydrogens (primary N) is 1. The Morgan fingerprint density at radius 2 is 2.05 bits per heavy atom. The van der Waals surface area contributed by atoms with Crippen LogP contribution in [0.4, 0.5) is 5.69 Å². The zero-order valence-corrected chi connectivity index (χ0v) is 12.5. The molecule has 2 rings (SSSR count). The molecule has 1 heterocycles. The largest absolute Gasteiger partial charge is 0.399 e. The number of nitrogens with one attached hydrogen (secondary N) is 1. The highest BCUT2D eigenvalue weighted by atomic mass is 32.1. The summed E-state index contributed by atoms with van der Waals surface area (Å²) in [6.45, 7) is 4.42. The van der Waals surface area contributed by atoms with Crippen molar-refractivity contribution in [2.24, 2.45) is 0 Å². The minimum atomic E-state index is -0.574. The monoisotopic (exact) mass is 289 g/mol. The molecule has 5 heteroatoms. The molecule has 1 aromatic heterocycles. The molecule has 4 nitrogen and oxygen atoms in total. The lowest BCUT2D eigenvalue weighted by atomic mass is 9.83. The first-order valence-corrected chi connectivity index (χ1v) is 7.46. The topological polar surface area (TPSA) is 68.0 Å². The third-order valence-electron chi connectivity index (χ3n) is 3.35. The van der Waals surface area contributed by atoms with Gasteiger partial charge in [-0.15, -0.1) is 11.3 Å². The zero-order chi connectivity index (χ0) is 14.6. The van der Waals surface area contributed by atoms with Crippen LogP contribution < -0.4 is 11.1 Å². The first-order chi connectivity index (χ1) is 9.50. The standard InChI is InChI=1S/C15H19N3OS/c1-15(2,11-3-5-12(16)6-4-11)14(19)17-8-7-13-9-20-10-18-13/h3-6,9-10H,7-8,16H2,1-2H3,(H,17,19). The fourth-order valence-electron chi connectivity index (χ4n) is 1.92. The van der Waals surface area contributed by atoms with Crippen molar-refractivity contribution in [1.82, 2.24) is 10.3 Å². The summed E-state index contributed by atoms with van der Waals surface area (Å²) in [5.74, 6) is 0.0116. The highest BCUT2D eigenvalue weighted by Crippen LogP contribution is 2.24. The van der Waals surface area contributed by atoms with Gasteiger partial charge in [0.2, 0.25) is 5.91 Å². The van der Waals surface area contributed by atoms with E-state index in [1.165, 1.54) is 0 Å². The molecule has 0 aliphatic carbocycles. The second-order valence-corrected chi connectivity index (χ2v) is 5.95. The Balaban J connectivity index is 1.94. The SMILES string of the molecule is CC(C)(C(=O)NCCc1cscn1)c1ccc(N)cc1. The van der Waals surface area contributed by atoms with E-state index in [4.69, 9.17) is 5.73 Å². The molecular formula is C15H19N3OS. The van der Waals surface area contributed by atoms with E-state index >= 15 is 0 Å². The number of carbonyl (C=O) groups excluding carboxylic acids is 1. The highest BCUT2D eigenvalue weighted by Gasteiger charge is 2.29. The predicted octanol–water partition coefficient (Wildman–Crippen LogP) is 2.36. The van der Waals surface area contributed by atoms with Crippen molar-refractivity contribution < 1.29 is 4.79 Å². The maximum Gasteiger partial charge on any atom is 0.230 e. The van der Waals surface area contributed by atoms with Crippen LogP contribution in [-0.2, 0) is 16.6 Å². The van der Waals surface area contributed by atoms with Crippen LogP contribution in [0.15, 0.2) is 35.2 Å². The molecule has 0 saturated carbocycles. The summed E-state index contributed by atoms with van der Waals surface area (Å²) in [6.07, 6.45) is 0.757. The van der Waals surface area contributed by atoms with Gasteiger partial charge in [-0.05, 0) is 31.5 Å². The molecule has 1 aromatic carbocycles. The Bertz CT molecular complexity index is 561. The van der Waals surface area contributed by atoms with Gasteiger partial charge in [0.15, 0.2) is 0 Å². The molecule has 0 aliphatic rings. The number of amides is 1. The number of nitrogen functional groups attached to an aromatic ring is 1. The van der Waals surface area contributed by atoms with Crippen molar-refractivity contribution in [2.45, 2.75) is 25.7 Å². The van der Waals surface area contributed by atoms with E-state index in [0.29, 0.717) is 12.2 Å². The number of nitrogens with zero attached hydrogens (tertiary/aromatic N) is 1. The fourth-order valence-corrected chi connectivity index (χ4v) is 2.51. The summed E-state index contributed by atoms with van der Waals surface area (Å²) >= 11 is 1.57. The van der Waals surface area contributed by atoms with Gasteiger partial charge in [-0.3, -0.25) is 4.79 Å². The van der Waals surface area contributed by atoms with Gasteiger partial charge in [-0.1, -0.05) is 12.1 Å². The molecule has 106 valence electrons. The van der Waals surface area contributed by atoms with Crippen LogP contribution in [0.3, 0.4) is 0 Å². The molecule has 1 amide bonds. The van der Waals surface area contributed by atoms with Gasteiger partial charge < -0.3 is 11.1 Å². The Morgan fingerprint density at radius 1 is 1.35 bits per heavy atom. The molecule has 0 unspecified atom stereocenters. The van der Waals surface area contributed by atoms with Gasteiger partial charge in [-0.2, -0.15) is 0 Å². The predicted molar refractivity (Wildman–Crippen MR) is 82.7 cm³/mol. The molecule has 0 spiro atoms. The average Bonchev–Trinajstić information content (AvgIpc) is 2.92. The van der Waals surface area contributed by atoms with E-state index in [9.17, 15) is 4.79 Å². The van der Waals surface area contributed by atoms with Crippen LogP contribution in [0.25, 0.3) is 0 Å². The van der Waals surface area contributed by atoms with Crippen molar-refractivity contribution in [3.05, 3.63) is 46.4 Å². The van der Waals surface area contributed by atoms with Crippen LogP contribution in [0.5, 0.6) is 0 Å². The van der Waals surface area contributed by atoms with Crippen molar-refractivity contribution in [1.29, 1.82) is 0 Å². The Kier molecular flexibility index (Phi) is 4.39. The van der Waals surface area contributed by atoms with Crippen LogP contribution >= 0.6 is 11.3 Å². The van der Waals surface area contributed by atoms with Gasteiger partial charge in [-0.25, -0.2) is 4.98 Å². The van der Waals surface area contributed by atoms with Crippen LogP contribution in [0.2, 0.25) is 0 Å². The van der Waals surface area contributed by atoms with Crippen LogP contribution in [0, 0.1) is 0 Å². The molecule has 20 heavy (non-hydrogen) atoms. The van der Waals surface area contributed by atoms with Crippen molar-refractivity contribution in [2.75, 3.05) is 12.3 Å². The number of rotatable bonds is 5. The molecule has 0 fully saturated rings. The summed E-state index contributed by atoms with van der Waals surface area (Å²) in [7, 11) is 0.